The maximum absolute atomic E-state index is 9.87. The Morgan fingerprint density at radius 3 is 2.17 bits per heavy atom. The fourth-order valence-corrected chi connectivity index (χ4v) is 1.24. The maximum atomic E-state index is 9.87. The van der Waals surface area contributed by atoms with Crippen LogP contribution in [-0.4, -0.2) is 13.0 Å². The van der Waals surface area contributed by atoms with Crippen molar-refractivity contribution in [2.24, 2.45) is 0 Å². The molecule has 0 fully saturated rings. The highest BCUT2D eigenvalue weighted by atomic mass is 16.1. The molecule has 0 spiro atoms. The Bertz CT molecular complexity index is 93.8. The number of carbonyl (C=O) groups is 1. The highest BCUT2D eigenvalue weighted by molar-refractivity contribution is 5.45. The molecule has 0 heterocycles. The summed E-state index contributed by atoms with van der Waals surface area (Å²) in [5.41, 5.74) is 0. The number of nitrogens with one attached hydrogen (secondary N) is 1. The summed E-state index contributed by atoms with van der Waals surface area (Å²) in [5, 5.41) is 2.67. The van der Waals surface area contributed by atoms with Gasteiger partial charge in [-0.25, -0.2) is 0 Å². The molecule has 0 radical (unpaired) electrons. The van der Waals surface area contributed by atoms with Gasteiger partial charge in [0, 0.05) is 6.54 Å². The van der Waals surface area contributed by atoms with Gasteiger partial charge in [-0.05, 0) is 6.42 Å². The Hall–Kier alpha value is -0.530. The third-order valence-electron chi connectivity index (χ3n) is 2.01. The Balaban J connectivity index is 2.77. The van der Waals surface area contributed by atoms with E-state index in [0.717, 1.165) is 19.4 Å². The van der Waals surface area contributed by atoms with Gasteiger partial charge in [0.15, 0.2) is 0 Å². The third-order valence-corrected chi connectivity index (χ3v) is 2.01. The van der Waals surface area contributed by atoms with Crippen molar-refractivity contribution in [3.63, 3.8) is 0 Å². The van der Waals surface area contributed by atoms with Crippen molar-refractivity contribution in [3.8, 4) is 0 Å². The molecule has 12 heavy (non-hydrogen) atoms. The van der Waals surface area contributed by atoms with E-state index in [1.807, 2.05) is 0 Å². The lowest BCUT2D eigenvalue weighted by Crippen LogP contribution is -2.11. The van der Waals surface area contributed by atoms with E-state index in [-0.39, 0.29) is 0 Å². The Morgan fingerprint density at radius 1 is 1.00 bits per heavy atom. The first-order valence-electron chi connectivity index (χ1n) is 5.09. The predicted molar refractivity (Wildman–Crippen MR) is 52.1 cm³/mol. The van der Waals surface area contributed by atoms with E-state index in [0.29, 0.717) is 0 Å². The van der Waals surface area contributed by atoms with Crippen molar-refractivity contribution in [3.05, 3.63) is 0 Å². The van der Waals surface area contributed by atoms with Gasteiger partial charge in [0.05, 0.1) is 0 Å². The number of carbonyl (C=O) groups excluding carboxylic acids is 1. The maximum Gasteiger partial charge on any atom is 0.207 e. The van der Waals surface area contributed by atoms with Gasteiger partial charge in [-0.3, -0.25) is 4.79 Å². The molecule has 2 nitrogen and oxygen atoms in total. The van der Waals surface area contributed by atoms with Gasteiger partial charge in [0.1, 0.15) is 0 Å². The second-order valence-electron chi connectivity index (χ2n) is 3.19. The molecule has 0 bridgehead atoms. The average Bonchev–Trinajstić information content (AvgIpc) is 2.10. The van der Waals surface area contributed by atoms with Crippen LogP contribution in [0.3, 0.4) is 0 Å². The number of amides is 1. The highest BCUT2D eigenvalue weighted by Gasteiger charge is 1.89. The Labute approximate surface area is 75.7 Å². The minimum atomic E-state index is 0.775. The van der Waals surface area contributed by atoms with Gasteiger partial charge in [0.2, 0.25) is 6.41 Å². The SMILES string of the molecule is CCCCCCCCCNC=O. The fraction of sp³-hybridized carbons (Fsp3) is 0.900. The quantitative estimate of drug-likeness (QED) is 0.419. The molecular formula is C10H21NO. The van der Waals surface area contributed by atoms with Crippen LogP contribution in [0.15, 0.2) is 0 Å². The molecule has 0 rings (SSSR count). The van der Waals surface area contributed by atoms with E-state index in [4.69, 9.17) is 0 Å². The first-order chi connectivity index (χ1) is 5.91. The van der Waals surface area contributed by atoms with E-state index in [2.05, 4.69) is 12.2 Å². The first-order valence-corrected chi connectivity index (χ1v) is 5.09. The Morgan fingerprint density at radius 2 is 1.58 bits per heavy atom. The normalized spacial score (nSPS) is 9.75. The van der Waals surface area contributed by atoms with Gasteiger partial charge in [-0.15, -0.1) is 0 Å². The second-order valence-corrected chi connectivity index (χ2v) is 3.19. The molecule has 0 unspecified atom stereocenters. The lowest BCUT2D eigenvalue weighted by molar-refractivity contribution is -0.109. The topological polar surface area (TPSA) is 29.1 Å². The molecule has 0 aromatic heterocycles. The van der Waals surface area contributed by atoms with Crippen LogP contribution in [0, 0.1) is 0 Å². The molecule has 0 saturated carbocycles. The summed E-state index contributed by atoms with van der Waals surface area (Å²) >= 11 is 0. The van der Waals surface area contributed by atoms with Crippen molar-refractivity contribution in [1.82, 2.24) is 5.32 Å². The van der Waals surface area contributed by atoms with E-state index in [1.54, 1.807) is 0 Å². The summed E-state index contributed by atoms with van der Waals surface area (Å²) in [6, 6.07) is 0. The van der Waals surface area contributed by atoms with E-state index in [9.17, 15) is 4.79 Å². The smallest absolute Gasteiger partial charge is 0.207 e. The zero-order valence-corrected chi connectivity index (χ0v) is 8.14. The van der Waals surface area contributed by atoms with Crippen molar-refractivity contribution >= 4 is 6.41 Å². The summed E-state index contributed by atoms with van der Waals surface area (Å²) in [6.07, 6.45) is 9.89. The number of rotatable bonds is 9. The summed E-state index contributed by atoms with van der Waals surface area (Å²) in [4.78, 5) is 9.87. The molecule has 0 atom stereocenters. The van der Waals surface area contributed by atoms with Crippen LogP contribution in [0.5, 0.6) is 0 Å². The number of unbranched alkanes of at least 4 members (excludes halogenated alkanes) is 6. The molecule has 0 aromatic rings. The molecule has 0 aromatic carbocycles. The molecule has 2 heteroatoms. The van der Waals surface area contributed by atoms with Crippen LogP contribution < -0.4 is 5.32 Å². The standard InChI is InChI=1S/C10H21NO/c1-2-3-4-5-6-7-8-9-11-10-12/h10H,2-9H2,1H3,(H,11,12). The first kappa shape index (κ1) is 11.5. The van der Waals surface area contributed by atoms with E-state index < -0.39 is 0 Å². The van der Waals surface area contributed by atoms with Gasteiger partial charge in [-0.2, -0.15) is 0 Å². The lowest BCUT2D eigenvalue weighted by Gasteiger charge is -1.99. The van der Waals surface area contributed by atoms with Crippen molar-refractivity contribution in [2.75, 3.05) is 6.54 Å². The zero-order valence-electron chi connectivity index (χ0n) is 8.14. The van der Waals surface area contributed by atoms with Crippen LogP contribution >= 0.6 is 0 Å². The molecule has 1 amide bonds. The van der Waals surface area contributed by atoms with Crippen molar-refractivity contribution < 1.29 is 4.79 Å². The van der Waals surface area contributed by atoms with Gasteiger partial charge < -0.3 is 5.32 Å². The molecule has 0 aliphatic rings. The monoisotopic (exact) mass is 171 g/mol. The summed E-state index contributed by atoms with van der Waals surface area (Å²) < 4.78 is 0. The van der Waals surface area contributed by atoms with Crippen molar-refractivity contribution in [2.45, 2.75) is 51.9 Å². The third kappa shape index (κ3) is 9.47. The van der Waals surface area contributed by atoms with Crippen LogP contribution in [-0.2, 0) is 4.79 Å². The van der Waals surface area contributed by atoms with E-state index in [1.165, 1.54) is 38.5 Å². The summed E-state index contributed by atoms with van der Waals surface area (Å²) in [5.74, 6) is 0. The average molecular weight is 171 g/mol. The largest absolute Gasteiger partial charge is 0.359 e. The predicted octanol–water partition coefficient (Wildman–Crippen LogP) is 2.48. The van der Waals surface area contributed by atoms with Crippen LogP contribution in [0.4, 0.5) is 0 Å². The van der Waals surface area contributed by atoms with Gasteiger partial charge in [0.25, 0.3) is 0 Å². The molecular weight excluding hydrogens is 150 g/mol. The highest BCUT2D eigenvalue weighted by Crippen LogP contribution is 2.05. The zero-order chi connectivity index (χ0) is 9.07. The van der Waals surface area contributed by atoms with Gasteiger partial charge >= 0.3 is 0 Å². The molecule has 1 N–H and O–H groups in total. The summed E-state index contributed by atoms with van der Waals surface area (Å²) in [7, 11) is 0. The van der Waals surface area contributed by atoms with Crippen LogP contribution in [0.2, 0.25) is 0 Å². The lowest BCUT2D eigenvalue weighted by atomic mass is 10.1. The molecule has 0 aliphatic heterocycles. The molecule has 72 valence electrons. The second kappa shape index (κ2) is 10.5. The van der Waals surface area contributed by atoms with Crippen LogP contribution in [0.1, 0.15) is 51.9 Å². The fourth-order valence-electron chi connectivity index (χ4n) is 1.24. The summed E-state index contributed by atoms with van der Waals surface area (Å²) in [6.45, 7) is 3.07. The Kier molecular flexibility index (Phi) is 10.0. The molecule has 0 saturated heterocycles. The number of hydrogen-bond acceptors (Lipinski definition) is 1. The number of hydrogen-bond donors (Lipinski definition) is 1. The minimum Gasteiger partial charge on any atom is -0.359 e. The molecule has 0 aliphatic carbocycles. The van der Waals surface area contributed by atoms with E-state index >= 15 is 0 Å². The minimum absolute atomic E-state index is 0.775. The van der Waals surface area contributed by atoms with Gasteiger partial charge in [-0.1, -0.05) is 45.4 Å². The van der Waals surface area contributed by atoms with Crippen molar-refractivity contribution in [1.29, 1.82) is 0 Å². The van der Waals surface area contributed by atoms with Crippen LogP contribution in [0.25, 0.3) is 0 Å².